The van der Waals surface area contributed by atoms with Crippen molar-refractivity contribution in [1.29, 1.82) is 0 Å². The lowest BCUT2D eigenvalue weighted by molar-refractivity contribution is -0.135. The summed E-state index contributed by atoms with van der Waals surface area (Å²) in [5.74, 6) is 0.754. The highest BCUT2D eigenvalue weighted by molar-refractivity contribution is 5.81. The van der Waals surface area contributed by atoms with Gasteiger partial charge in [-0.05, 0) is 51.1 Å². The summed E-state index contributed by atoms with van der Waals surface area (Å²) in [4.78, 5) is 33.8. The van der Waals surface area contributed by atoms with E-state index in [0.29, 0.717) is 5.92 Å². The summed E-state index contributed by atoms with van der Waals surface area (Å²) in [5.41, 5.74) is 0.773. The van der Waals surface area contributed by atoms with Crippen LogP contribution in [-0.2, 0) is 16.8 Å². The maximum Gasteiger partial charge on any atom is 0.253 e. The molecule has 0 radical (unpaired) electrons. The number of carbonyl (C=O) groups excluding carboxylic acids is 1. The monoisotopic (exact) mass is 374 g/mol. The topological polar surface area (TPSA) is 58.4 Å². The molecule has 3 heterocycles. The van der Waals surface area contributed by atoms with Crippen LogP contribution in [0.3, 0.4) is 0 Å². The van der Waals surface area contributed by atoms with Gasteiger partial charge in [0, 0.05) is 31.6 Å². The Bertz CT molecular complexity index is 714. The van der Waals surface area contributed by atoms with E-state index < -0.39 is 0 Å². The van der Waals surface area contributed by atoms with Crippen LogP contribution in [0.15, 0.2) is 17.2 Å². The van der Waals surface area contributed by atoms with E-state index >= 15 is 0 Å². The van der Waals surface area contributed by atoms with Crippen LogP contribution >= 0.6 is 0 Å². The first-order chi connectivity index (χ1) is 12.8. The summed E-state index contributed by atoms with van der Waals surface area (Å²) in [6.07, 6.45) is 6.98. The molecule has 6 heteroatoms. The number of carbonyl (C=O) groups is 1. The molecule has 1 atom stereocenters. The number of hydrogen-bond acceptors (Lipinski definition) is 4. The number of rotatable bonds is 3. The van der Waals surface area contributed by atoms with Crippen LogP contribution in [0, 0.1) is 5.92 Å². The van der Waals surface area contributed by atoms with Crippen molar-refractivity contribution in [3.63, 3.8) is 0 Å². The number of nitrogens with zero attached hydrogens (tertiary/aromatic N) is 4. The van der Waals surface area contributed by atoms with Gasteiger partial charge in [0.05, 0.1) is 18.1 Å². The standard InChI is InChI=1S/C21H34N4O2/c1-21(2,3)18-13-19(26)25(15-22-18)14-16-8-11-24(12-9-16)17-7-5-6-10-23(4)20(17)27/h13,15-17H,5-12,14H2,1-4H3. The molecule has 0 aliphatic carbocycles. The predicted octanol–water partition coefficient (Wildman–Crippen LogP) is 2.26. The Hall–Kier alpha value is -1.69. The van der Waals surface area contributed by atoms with Crippen molar-refractivity contribution < 1.29 is 4.79 Å². The van der Waals surface area contributed by atoms with Crippen molar-refractivity contribution >= 4 is 5.91 Å². The average molecular weight is 375 g/mol. The molecule has 6 nitrogen and oxygen atoms in total. The third-order valence-corrected chi connectivity index (χ3v) is 6.08. The summed E-state index contributed by atoms with van der Waals surface area (Å²) < 4.78 is 1.75. The predicted molar refractivity (Wildman–Crippen MR) is 107 cm³/mol. The van der Waals surface area contributed by atoms with E-state index in [2.05, 4.69) is 30.7 Å². The number of likely N-dealkylation sites (tertiary alicyclic amines) is 2. The molecule has 0 aromatic carbocycles. The normalized spacial score (nSPS) is 23.5. The van der Waals surface area contributed by atoms with Crippen molar-refractivity contribution in [3.05, 3.63) is 28.4 Å². The van der Waals surface area contributed by atoms with Crippen LogP contribution in [0.4, 0.5) is 0 Å². The molecule has 2 aliphatic rings. The highest BCUT2D eigenvalue weighted by Gasteiger charge is 2.32. The average Bonchev–Trinajstić information content (AvgIpc) is 2.78. The van der Waals surface area contributed by atoms with Gasteiger partial charge in [-0.25, -0.2) is 4.98 Å². The lowest BCUT2D eigenvalue weighted by Gasteiger charge is -2.37. The fourth-order valence-corrected chi connectivity index (χ4v) is 4.21. The highest BCUT2D eigenvalue weighted by atomic mass is 16.2. The highest BCUT2D eigenvalue weighted by Crippen LogP contribution is 2.24. The summed E-state index contributed by atoms with van der Waals surface area (Å²) >= 11 is 0. The summed E-state index contributed by atoms with van der Waals surface area (Å²) in [6, 6.07) is 1.73. The van der Waals surface area contributed by atoms with Crippen molar-refractivity contribution in [2.75, 3.05) is 26.7 Å². The quantitative estimate of drug-likeness (QED) is 0.814. The number of hydrogen-bond donors (Lipinski definition) is 0. The van der Waals surface area contributed by atoms with E-state index in [0.717, 1.165) is 64.0 Å². The first kappa shape index (κ1) is 20.1. The minimum Gasteiger partial charge on any atom is -0.344 e. The number of aromatic nitrogens is 2. The molecule has 1 unspecified atom stereocenters. The molecule has 1 amide bonds. The van der Waals surface area contributed by atoms with E-state index in [-0.39, 0.29) is 22.9 Å². The van der Waals surface area contributed by atoms with Crippen LogP contribution in [0.2, 0.25) is 0 Å². The first-order valence-corrected chi connectivity index (χ1v) is 10.3. The second-order valence-corrected chi connectivity index (χ2v) is 9.27. The molecule has 3 rings (SSSR count). The zero-order valence-electron chi connectivity index (χ0n) is 17.3. The minimum atomic E-state index is -0.109. The minimum absolute atomic E-state index is 0.0397. The molecular formula is C21H34N4O2. The second kappa shape index (κ2) is 8.13. The fourth-order valence-electron chi connectivity index (χ4n) is 4.21. The van der Waals surface area contributed by atoms with Gasteiger partial charge < -0.3 is 4.90 Å². The third kappa shape index (κ3) is 4.78. The van der Waals surface area contributed by atoms with Gasteiger partial charge in [-0.1, -0.05) is 20.8 Å². The van der Waals surface area contributed by atoms with Crippen molar-refractivity contribution in [1.82, 2.24) is 19.4 Å². The Morgan fingerprint density at radius 2 is 1.78 bits per heavy atom. The molecule has 2 aliphatic heterocycles. The van der Waals surface area contributed by atoms with Crippen LogP contribution in [0.5, 0.6) is 0 Å². The number of amides is 1. The number of piperidine rings is 1. The Labute approximate surface area is 162 Å². The van der Waals surface area contributed by atoms with Gasteiger partial charge in [0.15, 0.2) is 0 Å². The number of likely N-dealkylation sites (N-methyl/N-ethyl adjacent to an activating group) is 1. The van der Waals surface area contributed by atoms with Crippen LogP contribution in [0.1, 0.15) is 58.6 Å². The van der Waals surface area contributed by atoms with Crippen LogP contribution < -0.4 is 5.56 Å². The van der Waals surface area contributed by atoms with Gasteiger partial charge in [-0.2, -0.15) is 0 Å². The van der Waals surface area contributed by atoms with Gasteiger partial charge in [0.2, 0.25) is 5.91 Å². The first-order valence-electron chi connectivity index (χ1n) is 10.3. The summed E-state index contributed by atoms with van der Waals surface area (Å²) in [5, 5.41) is 0. The molecule has 0 spiro atoms. The second-order valence-electron chi connectivity index (χ2n) is 9.27. The molecule has 150 valence electrons. The lowest BCUT2D eigenvalue weighted by atomic mass is 9.92. The molecular weight excluding hydrogens is 340 g/mol. The lowest BCUT2D eigenvalue weighted by Crippen LogP contribution is -2.49. The zero-order chi connectivity index (χ0) is 19.6. The van der Waals surface area contributed by atoms with E-state index in [1.807, 2.05) is 11.9 Å². The Morgan fingerprint density at radius 3 is 2.41 bits per heavy atom. The Kier molecular flexibility index (Phi) is 6.04. The van der Waals surface area contributed by atoms with Gasteiger partial charge in [-0.3, -0.25) is 19.1 Å². The van der Waals surface area contributed by atoms with Crippen molar-refractivity contribution in [2.24, 2.45) is 5.92 Å². The van der Waals surface area contributed by atoms with Gasteiger partial charge in [0.1, 0.15) is 0 Å². The van der Waals surface area contributed by atoms with Crippen LogP contribution in [0.25, 0.3) is 0 Å². The van der Waals surface area contributed by atoms with E-state index in [4.69, 9.17) is 0 Å². The largest absolute Gasteiger partial charge is 0.344 e. The van der Waals surface area contributed by atoms with Crippen LogP contribution in [-0.4, -0.2) is 58.0 Å². The van der Waals surface area contributed by atoms with Gasteiger partial charge >= 0.3 is 0 Å². The molecule has 2 saturated heterocycles. The van der Waals surface area contributed by atoms with Gasteiger partial charge in [-0.15, -0.1) is 0 Å². The summed E-state index contributed by atoms with van der Waals surface area (Å²) in [6.45, 7) is 9.70. The molecule has 1 aromatic heterocycles. The smallest absolute Gasteiger partial charge is 0.253 e. The van der Waals surface area contributed by atoms with Gasteiger partial charge in [0.25, 0.3) is 5.56 Å². The maximum absolute atomic E-state index is 12.6. The van der Waals surface area contributed by atoms with Crippen molar-refractivity contribution in [3.8, 4) is 0 Å². The maximum atomic E-state index is 12.6. The molecule has 27 heavy (non-hydrogen) atoms. The van der Waals surface area contributed by atoms with E-state index in [9.17, 15) is 9.59 Å². The SMILES string of the molecule is CN1CCCCC(N2CCC(Cn3cnc(C(C)(C)C)cc3=O)CC2)C1=O. The Balaban J connectivity index is 1.58. The molecule has 1 aromatic rings. The zero-order valence-corrected chi connectivity index (χ0v) is 17.3. The van der Waals surface area contributed by atoms with Crippen molar-refractivity contribution in [2.45, 2.75) is 70.9 Å². The molecule has 0 bridgehead atoms. The van der Waals surface area contributed by atoms with E-state index in [1.165, 1.54) is 0 Å². The molecule has 0 saturated carbocycles. The van der Waals surface area contributed by atoms with E-state index in [1.54, 1.807) is 17.0 Å². The molecule has 2 fully saturated rings. The Morgan fingerprint density at radius 1 is 1.07 bits per heavy atom. The third-order valence-electron chi connectivity index (χ3n) is 6.08. The molecule has 0 N–H and O–H groups in total. The fraction of sp³-hybridized carbons (Fsp3) is 0.762. The summed E-state index contributed by atoms with van der Waals surface area (Å²) in [7, 11) is 1.92.